The number of rotatable bonds is 6. The highest BCUT2D eigenvalue weighted by molar-refractivity contribution is 5.80. The van der Waals surface area contributed by atoms with E-state index in [1.165, 1.54) is 0 Å². The standard InChI is InChI=1S/C12H22N2O4/c1-8(2)14(5-3-4-11(15)16)12(17)9-6-18-7-10(9)13/h8-10H,3-7,13H2,1-2H3,(H,15,16). The molecule has 0 radical (unpaired) electrons. The van der Waals surface area contributed by atoms with Crippen LogP contribution in [0.15, 0.2) is 0 Å². The molecule has 0 bridgehead atoms. The fraction of sp³-hybridized carbons (Fsp3) is 0.833. The normalized spacial score (nSPS) is 23.3. The number of amides is 1. The van der Waals surface area contributed by atoms with Crippen LogP contribution in [0.3, 0.4) is 0 Å². The van der Waals surface area contributed by atoms with Gasteiger partial charge < -0.3 is 20.5 Å². The summed E-state index contributed by atoms with van der Waals surface area (Å²) >= 11 is 0. The Morgan fingerprint density at radius 1 is 1.44 bits per heavy atom. The second-order valence-electron chi connectivity index (χ2n) is 4.93. The first-order valence-corrected chi connectivity index (χ1v) is 6.29. The number of carboxylic acids is 1. The highest BCUT2D eigenvalue weighted by atomic mass is 16.5. The fourth-order valence-electron chi connectivity index (χ4n) is 2.06. The van der Waals surface area contributed by atoms with E-state index in [0.717, 1.165) is 0 Å². The molecule has 1 aliphatic rings. The van der Waals surface area contributed by atoms with Crippen molar-refractivity contribution in [2.45, 2.75) is 38.8 Å². The van der Waals surface area contributed by atoms with E-state index in [2.05, 4.69) is 0 Å². The average molecular weight is 258 g/mol. The lowest BCUT2D eigenvalue weighted by atomic mass is 10.0. The Labute approximate surface area is 107 Å². The zero-order valence-electron chi connectivity index (χ0n) is 11.0. The van der Waals surface area contributed by atoms with E-state index < -0.39 is 5.97 Å². The van der Waals surface area contributed by atoms with Gasteiger partial charge in [-0.1, -0.05) is 0 Å². The van der Waals surface area contributed by atoms with Gasteiger partial charge in [0.1, 0.15) is 0 Å². The van der Waals surface area contributed by atoms with Gasteiger partial charge in [-0.2, -0.15) is 0 Å². The third-order valence-electron chi connectivity index (χ3n) is 3.14. The Balaban J connectivity index is 2.55. The molecule has 0 aromatic carbocycles. The van der Waals surface area contributed by atoms with Crippen LogP contribution >= 0.6 is 0 Å². The van der Waals surface area contributed by atoms with Crippen molar-refractivity contribution in [3.05, 3.63) is 0 Å². The van der Waals surface area contributed by atoms with Crippen LogP contribution in [-0.2, 0) is 14.3 Å². The van der Waals surface area contributed by atoms with Crippen molar-refractivity contribution < 1.29 is 19.4 Å². The molecule has 1 heterocycles. The lowest BCUT2D eigenvalue weighted by molar-refractivity contribution is -0.140. The van der Waals surface area contributed by atoms with Gasteiger partial charge in [0.2, 0.25) is 5.91 Å². The first-order valence-electron chi connectivity index (χ1n) is 6.29. The second kappa shape index (κ2) is 6.70. The predicted molar refractivity (Wildman–Crippen MR) is 66.0 cm³/mol. The first-order chi connectivity index (χ1) is 8.43. The van der Waals surface area contributed by atoms with E-state index in [0.29, 0.717) is 26.2 Å². The molecule has 18 heavy (non-hydrogen) atoms. The van der Waals surface area contributed by atoms with Gasteiger partial charge in [-0.25, -0.2) is 0 Å². The molecule has 1 amide bonds. The van der Waals surface area contributed by atoms with Crippen LogP contribution in [0.25, 0.3) is 0 Å². The van der Waals surface area contributed by atoms with Gasteiger partial charge in [-0.05, 0) is 20.3 Å². The van der Waals surface area contributed by atoms with Gasteiger partial charge >= 0.3 is 5.97 Å². The zero-order valence-corrected chi connectivity index (χ0v) is 11.0. The maximum atomic E-state index is 12.3. The van der Waals surface area contributed by atoms with Crippen molar-refractivity contribution in [1.82, 2.24) is 4.90 Å². The summed E-state index contributed by atoms with van der Waals surface area (Å²) in [7, 11) is 0. The minimum absolute atomic E-state index is 0.0274. The summed E-state index contributed by atoms with van der Waals surface area (Å²) in [5.41, 5.74) is 5.83. The highest BCUT2D eigenvalue weighted by Gasteiger charge is 2.34. The molecule has 0 spiro atoms. The monoisotopic (exact) mass is 258 g/mol. The largest absolute Gasteiger partial charge is 0.481 e. The Hall–Kier alpha value is -1.14. The minimum Gasteiger partial charge on any atom is -0.481 e. The first kappa shape index (κ1) is 14.9. The molecule has 3 N–H and O–H groups in total. The van der Waals surface area contributed by atoms with Crippen LogP contribution in [0, 0.1) is 5.92 Å². The van der Waals surface area contributed by atoms with Gasteiger partial charge in [0, 0.05) is 25.0 Å². The number of ether oxygens (including phenoxy) is 1. The SMILES string of the molecule is CC(C)N(CCCC(=O)O)C(=O)C1COCC1N. The quantitative estimate of drug-likeness (QED) is 0.703. The van der Waals surface area contributed by atoms with E-state index in [1.54, 1.807) is 4.90 Å². The van der Waals surface area contributed by atoms with Gasteiger partial charge in [-0.15, -0.1) is 0 Å². The topological polar surface area (TPSA) is 92.9 Å². The van der Waals surface area contributed by atoms with Crippen LogP contribution in [0.5, 0.6) is 0 Å². The molecule has 1 fully saturated rings. The van der Waals surface area contributed by atoms with Crippen LogP contribution in [0.2, 0.25) is 0 Å². The molecule has 0 aliphatic carbocycles. The summed E-state index contributed by atoms with van der Waals surface area (Å²) in [6.07, 6.45) is 0.534. The summed E-state index contributed by atoms with van der Waals surface area (Å²) in [5.74, 6) is -1.16. The van der Waals surface area contributed by atoms with Crippen LogP contribution < -0.4 is 5.73 Å². The maximum Gasteiger partial charge on any atom is 0.303 e. The minimum atomic E-state index is -0.841. The zero-order chi connectivity index (χ0) is 13.7. The number of nitrogens with zero attached hydrogens (tertiary/aromatic N) is 1. The molecule has 0 saturated carbocycles. The van der Waals surface area contributed by atoms with Crippen molar-refractivity contribution in [3.63, 3.8) is 0 Å². The van der Waals surface area contributed by atoms with Crippen LogP contribution in [0.1, 0.15) is 26.7 Å². The Morgan fingerprint density at radius 3 is 2.56 bits per heavy atom. The van der Waals surface area contributed by atoms with Crippen molar-refractivity contribution in [2.75, 3.05) is 19.8 Å². The van der Waals surface area contributed by atoms with Crippen molar-refractivity contribution >= 4 is 11.9 Å². The molecule has 1 rings (SSSR count). The van der Waals surface area contributed by atoms with Crippen LogP contribution in [0.4, 0.5) is 0 Å². The van der Waals surface area contributed by atoms with E-state index in [1.807, 2.05) is 13.8 Å². The van der Waals surface area contributed by atoms with Crippen molar-refractivity contribution in [1.29, 1.82) is 0 Å². The molecular weight excluding hydrogens is 236 g/mol. The van der Waals surface area contributed by atoms with Crippen LogP contribution in [-0.4, -0.2) is 53.7 Å². The number of hydrogen-bond acceptors (Lipinski definition) is 4. The molecule has 6 heteroatoms. The lowest BCUT2D eigenvalue weighted by Gasteiger charge is -2.30. The smallest absolute Gasteiger partial charge is 0.303 e. The molecule has 0 aromatic rings. The molecule has 2 unspecified atom stereocenters. The number of carboxylic acid groups (broad SMARTS) is 1. The molecule has 104 valence electrons. The number of hydrogen-bond donors (Lipinski definition) is 2. The van der Waals surface area contributed by atoms with Gasteiger partial charge in [0.25, 0.3) is 0 Å². The molecule has 1 aliphatic heterocycles. The van der Waals surface area contributed by atoms with Gasteiger partial charge in [0.15, 0.2) is 0 Å². The molecule has 0 aromatic heterocycles. The third kappa shape index (κ3) is 3.96. The number of nitrogens with two attached hydrogens (primary N) is 1. The number of carbonyl (C=O) groups excluding carboxylic acids is 1. The Morgan fingerprint density at radius 2 is 2.11 bits per heavy atom. The Kier molecular flexibility index (Phi) is 5.55. The summed E-state index contributed by atoms with van der Waals surface area (Å²) < 4.78 is 5.20. The third-order valence-corrected chi connectivity index (χ3v) is 3.14. The van der Waals surface area contributed by atoms with E-state index in [-0.39, 0.29) is 30.3 Å². The van der Waals surface area contributed by atoms with E-state index in [4.69, 9.17) is 15.6 Å². The molecule has 1 saturated heterocycles. The second-order valence-corrected chi connectivity index (χ2v) is 4.93. The number of aliphatic carboxylic acids is 1. The maximum absolute atomic E-state index is 12.3. The van der Waals surface area contributed by atoms with Gasteiger partial charge in [-0.3, -0.25) is 9.59 Å². The van der Waals surface area contributed by atoms with Crippen molar-refractivity contribution in [3.8, 4) is 0 Å². The molecular formula is C12H22N2O4. The van der Waals surface area contributed by atoms with E-state index >= 15 is 0 Å². The molecule has 2 atom stereocenters. The summed E-state index contributed by atoms with van der Waals surface area (Å²) in [6.45, 7) is 5.06. The number of carbonyl (C=O) groups is 2. The Bertz CT molecular complexity index is 306. The van der Waals surface area contributed by atoms with E-state index in [9.17, 15) is 9.59 Å². The summed E-state index contributed by atoms with van der Waals surface area (Å²) in [5, 5.41) is 8.61. The lowest BCUT2D eigenvalue weighted by Crippen LogP contribution is -2.46. The average Bonchev–Trinajstić information content (AvgIpc) is 2.69. The predicted octanol–water partition coefficient (Wildman–Crippen LogP) is 0.0619. The van der Waals surface area contributed by atoms with Crippen molar-refractivity contribution in [2.24, 2.45) is 11.7 Å². The summed E-state index contributed by atoms with van der Waals surface area (Å²) in [6, 6.07) is -0.211. The summed E-state index contributed by atoms with van der Waals surface area (Å²) in [4.78, 5) is 24.5. The fourth-order valence-corrected chi connectivity index (χ4v) is 2.06. The van der Waals surface area contributed by atoms with Gasteiger partial charge in [0.05, 0.1) is 19.1 Å². The highest BCUT2D eigenvalue weighted by Crippen LogP contribution is 2.17. The molecule has 6 nitrogen and oxygen atoms in total.